The molecule has 0 aromatic heterocycles. The molecule has 116 valence electrons. The first kappa shape index (κ1) is 17.4. The van der Waals surface area contributed by atoms with Crippen molar-refractivity contribution in [1.29, 1.82) is 0 Å². The van der Waals surface area contributed by atoms with Crippen LogP contribution in [0.5, 0.6) is 0 Å². The highest BCUT2D eigenvalue weighted by Crippen LogP contribution is 2.16. The minimum atomic E-state index is -3.42. The van der Waals surface area contributed by atoms with Gasteiger partial charge in [-0.1, -0.05) is 24.3 Å². The number of methoxy groups -OCH3 is 1. The van der Waals surface area contributed by atoms with E-state index in [2.05, 4.69) is 4.72 Å². The Balaban J connectivity index is 2.81. The molecule has 0 saturated carbocycles. The molecule has 0 spiro atoms. The van der Waals surface area contributed by atoms with Crippen molar-refractivity contribution in [1.82, 2.24) is 4.72 Å². The van der Waals surface area contributed by atoms with Gasteiger partial charge in [0, 0.05) is 19.2 Å². The highest BCUT2D eigenvalue weighted by Gasteiger charge is 2.15. The predicted octanol–water partition coefficient (Wildman–Crippen LogP) is 1.41. The summed E-state index contributed by atoms with van der Waals surface area (Å²) in [5, 5.41) is 8.60. The highest BCUT2D eigenvalue weighted by atomic mass is 32.2. The number of carbonyl (C=O) groups is 1. The number of hydrogen-bond acceptors (Lipinski definition) is 4. The molecule has 0 heterocycles. The van der Waals surface area contributed by atoms with E-state index in [-0.39, 0.29) is 12.4 Å². The van der Waals surface area contributed by atoms with Crippen LogP contribution in [0.4, 0.5) is 0 Å². The first-order valence-electron chi connectivity index (χ1n) is 6.34. The predicted molar refractivity (Wildman–Crippen MR) is 80.3 cm³/mol. The summed E-state index contributed by atoms with van der Waals surface area (Å²) in [5.41, 5.74) is 1.45. The summed E-state index contributed by atoms with van der Waals surface area (Å²) in [7, 11) is -1.98. The molecule has 6 nitrogen and oxygen atoms in total. The van der Waals surface area contributed by atoms with Crippen molar-refractivity contribution >= 4 is 22.1 Å². The van der Waals surface area contributed by atoms with Crippen LogP contribution in [0.1, 0.15) is 24.1 Å². The van der Waals surface area contributed by atoms with Gasteiger partial charge in [-0.2, -0.15) is 0 Å². The molecular formula is C14H19NO5S. The molecule has 0 amide bonds. The van der Waals surface area contributed by atoms with Crippen LogP contribution in [0.25, 0.3) is 6.08 Å². The number of nitrogens with one attached hydrogen (secondary N) is 1. The molecule has 1 atom stereocenters. The van der Waals surface area contributed by atoms with Crippen molar-refractivity contribution in [2.24, 2.45) is 0 Å². The van der Waals surface area contributed by atoms with E-state index in [9.17, 15) is 13.2 Å². The van der Waals surface area contributed by atoms with Gasteiger partial charge in [0.05, 0.1) is 12.4 Å². The lowest BCUT2D eigenvalue weighted by Crippen LogP contribution is -2.30. The monoisotopic (exact) mass is 313 g/mol. The summed E-state index contributed by atoms with van der Waals surface area (Å²) >= 11 is 0. The van der Waals surface area contributed by atoms with E-state index in [1.54, 1.807) is 31.2 Å². The normalized spacial score (nSPS) is 13.4. The Labute approximate surface area is 124 Å². The van der Waals surface area contributed by atoms with E-state index < -0.39 is 22.0 Å². The standard InChI is InChI=1S/C14H19NO5S/c1-11(15-21(18,19)9-8-20-2)13-5-3-4-12(10-13)6-7-14(16)17/h3-7,10-11,15H,8-9H2,1-2H3,(H,16,17). The van der Waals surface area contributed by atoms with Gasteiger partial charge in [0.1, 0.15) is 0 Å². The first-order chi connectivity index (χ1) is 9.84. The molecule has 0 saturated heterocycles. The fourth-order valence-corrected chi connectivity index (χ4v) is 2.87. The lowest BCUT2D eigenvalue weighted by molar-refractivity contribution is -0.131. The minimum absolute atomic E-state index is 0.105. The maximum Gasteiger partial charge on any atom is 0.328 e. The van der Waals surface area contributed by atoms with Gasteiger partial charge in [-0.25, -0.2) is 17.9 Å². The summed E-state index contributed by atoms with van der Waals surface area (Å²) in [6.07, 6.45) is 2.49. The quantitative estimate of drug-likeness (QED) is 0.708. The van der Waals surface area contributed by atoms with Crippen LogP contribution in [0.3, 0.4) is 0 Å². The second-order valence-corrected chi connectivity index (χ2v) is 6.37. The molecule has 1 aromatic carbocycles. The van der Waals surface area contributed by atoms with E-state index in [0.29, 0.717) is 5.56 Å². The fourth-order valence-electron chi connectivity index (χ4n) is 1.69. The van der Waals surface area contributed by atoms with E-state index in [4.69, 9.17) is 9.84 Å². The Morgan fingerprint density at radius 3 is 2.81 bits per heavy atom. The van der Waals surface area contributed by atoms with Crippen molar-refractivity contribution in [3.05, 3.63) is 41.5 Å². The van der Waals surface area contributed by atoms with Crippen LogP contribution >= 0.6 is 0 Å². The summed E-state index contributed by atoms with van der Waals surface area (Å²) in [5.74, 6) is -1.14. The van der Waals surface area contributed by atoms with Crippen LogP contribution in [0.15, 0.2) is 30.3 Å². The molecule has 0 aliphatic heterocycles. The molecule has 2 N–H and O–H groups in total. The Hall–Kier alpha value is -1.70. The zero-order valence-corrected chi connectivity index (χ0v) is 12.8. The van der Waals surface area contributed by atoms with Crippen LogP contribution in [-0.2, 0) is 19.6 Å². The maximum atomic E-state index is 11.8. The van der Waals surface area contributed by atoms with Crippen molar-refractivity contribution in [2.75, 3.05) is 19.5 Å². The summed E-state index contributed by atoms with van der Waals surface area (Å²) in [6.45, 7) is 1.85. The van der Waals surface area contributed by atoms with Crippen molar-refractivity contribution in [3.63, 3.8) is 0 Å². The first-order valence-corrected chi connectivity index (χ1v) is 7.99. The van der Waals surface area contributed by atoms with Gasteiger partial charge in [0.2, 0.25) is 10.0 Å². The largest absolute Gasteiger partial charge is 0.478 e. The summed E-state index contributed by atoms with van der Waals surface area (Å²) < 4.78 is 30.9. The number of carboxylic acid groups (broad SMARTS) is 1. The third kappa shape index (κ3) is 6.52. The number of rotatable bonds is 8. The van der Waals surface area contributed by atoms with Gasteiger partial charge < -0.3 is 9.84 Å². The Bertz CT molecular complexity index is 610. The molecule has 0 radical (unpaired) electrons. The van der Waals surface area contributed by atoms with E-state index in [1.807, 2.05) is 0 Å². The number of carboxylic acids is 1. The van der Waals surface area contributed by atoms with Crippen molar-refractivity contribution < 1.29 is 23.1 Å². The van der Waals surface area contributed by atoms with Crippen molar-refractivity contribution in [3.8, 4) is 0 Å². The second-order valence-electron chi connectivity index (χ2n) is 4.49. The van der Waals surface area contributed by atoms with Gasteiger partial charge in [-0.05, 0) is 24.1 Å². The van der Waals surface area contributed by atoms with Crippen LogP contribution in [0.2, 0.25) is 0 Å². The third-order valence-electron chi connectivity index (χ3n) is 2.74. The Morgan fingerprint density at radius 2 is 2.19 bits per heavy atom. The molecular weight excluding hydrogens is 294 g/mol. The average molecular weight is 313 g/mol. The molecule has 7 heteroatoms. The molecule has 21 heavy (non-hydrogen) atoms. The topological polar surface area (TPSA) is 92.7 Å². The number of benzene rings is 1. The molecule has 1 rings (SSSR count). The lowest BCUT2D eigenvalue weighted by Gasteiger charge is -2.15. The smallest absolute Gasteiger partial charge is 0.328 e. The van der Waals surface area contributed by atoms with Crippen LogP contribution < -0.4 is 4.72 Å². The molecule has 1 aromatic rings. The van der Waals surface area contributed by atoms with Gasteiger partial charge in [0.15, 0.2) is 0 Å². The number of sulfonamides is 1. The molecule has 0 bridgehead atoms. The number of ether oxygens (including phenoxy) is 1. The lowest BCUT2D eigenvalue weighted by atomic mass is 10.1. The highest BCUT2D eigenvalue weighted by molar-refractivity contribution is 7.89. The van der Waals surface area contributed by atoms with Gasteiger partial charge in [-0.3, -0.25) is 0 Å². The van der Waals surface area contributed by atoms with Gasteiger partial charge >= 0.3 is 5.97 Å². The Morgan fingerprint density at radius 1 is 1.48 bits per heavy atom. The summed E-state index contributed by atoms with van der Waals surface area (Å²) in [6, 6.07) is 6.60. The molecule has 0 aliphatic carbocycles. The maximum absolute atomic E-state index is 11.8. The Kier molecular flexibility index (Phi) is 6.54. The molecule has 0 fully saturated rings. The van der Waals surface area contributed by atoms with E-state index >= 15 is 0 Å². The average Bonchev–Trinajstić information content (AvgIpc) is 2.43. The van der Waals surface area contributed by atoms with Crippen molar-refractivity contribution in [2.45, 2.75) is 13.0 Å². The van der Waals surface area contributed by atoms with Gasteiger partial charge in [0.25, 0.3) is 0 Å². The molecule has 1 unspecified atom stereocenters. The van der Waals surface area contributed by atoms with Crippen LogP contribution in [-0.4, -0.2) is 39.0 Å². The molecule has 0 aliphatic rings. The number of hydrogen-bond donors (Lipinski definition) is 2. The van der Waals surface area contributed by atoms with E-state index in [1.165, 1.54) is 13.2 Å². The fraction of sp³-hybridized carbons (Fsp3) is 0.357. The zero-order chi connectivity index (χ0) is 15.9. The van der Waals surface area contributed by atoms with E-state index in [0.717, 1.165) is 11.6 Å². The minimum Gasteiger partial charge on any atom is -0.478 e. The van der Waals surface area contributed by atoms with Crippen LogP contribution in [0, 0.1) is 0 Å². The van der Waals surface area contributed by atoms with Gasteiger partial charge in [-0.15, -0.1) is 0 Å². The summed E-state index contributed by atoms with van der Waals surface area (Å²) in [4.78, 5) is 10.5. The third-order valence-corrected chi connectivity index (χ3v) is 4.16. The second kappa shape index (κ2) is 7.92. The zero-order valence-electron chi connectivity index (χ0n) is 11.9. The SMILES string of the molecule is COCCS(=O)(=O)NC(C)c1cccc(C=CC(=O)O)c1. The number of aliphatic carboxylic acids is 1.